The molecule has 114 valence electrons. The molecule has 0 aliphatic heterocycles. The van der Waals surface area contributed by atoms with Gasteiger partial charge in [0.05, 0.1) is 11.1 Å². The molecule has 0 radical (unpaired) electrons. The molecule has 1 N–H and O–H groups in total. The van der Waals surface area contributed by atoms with Crippen molar-refractivity contribution in [3.63, 3.8) is 0 Å². The molecule has 3 rings (SSSR count). The van der Waals surface area contributed by atoms with E-state index in [2.05, 4.69) is 0 Å². The maximum atomic E-state index is 12.1. The zero-order chi connectivity index (χ0) is 16.2. The summed E-state index contributed by atoms with van der Waals surface area (Å²) in [7, 11) is 0. The van der Waals surface area contributed by atoms with Gasteiger partial charge in [-0.25, -0.2) is 9.59 Å². The van der Waals surface area contributed by atoms with Crippen molar-refractivity contribution in [2.24, 2.45) is 0 Å². The fourth-order valence-electron chi connectivity index (χ4n) is 2.39. The second-order valence-corrected chi connectivity index (χ2v) is 5.10. The van der Waals surface area contributed by atoms with Crippen LogP contribution >= 0.6 is 0 Å². The van der Waals surface area contributed by atoms with Crippen LogP contribution in [-0.2, 0) is 11.3 Å². The molecule has 0 spiro atoms. The quantitative estimate of drug-likeness (QED) is 0.743. The molecule has 4 nitrogen and oxygen atoms in total. The lowest BCUT2D eigenvalue weighted by atomic mass is 10.1. The molecular weight excluding hydrogens is 292 g/mol. The topological polar surface area (TPSA) is 63.6 Å². The Balaban J connectivity index is 1.74. The van der Waals surface area contributed by atoms with E-state index in [-0.39, 0.29) is 12.2 Å². The molecule has 0 amide bonds. The first kappa shape index (κ1) is 14.8. The van der Waals surface area contributed by atoms with Crippen molar-refractivity contribution >= 4 is 22.7 Å². The minimum absolute atomic E-state index is 0.135. The molecule has 0 heterocycles. The van der Waals surface area contributed by atoms with Gasteiger partial charge in [0.2, 0.25) is 0 Å². The van der Waals surface area contributed by atoms with Gasteiger partial charge in [0.1, 0.15) is 6.61 Å². The second kappa shape index (κ2) is 6.32. The van der Waals surface area contributed by atoms with Crippen molar-refractivity contribution < 1.29 is 19.4 Å². The summed E-state index contributed by atoms with van der Waals surface area (Å²) < 4.78 is 5.34. The first-order valence-electron chi connectivity index (χ1n) is 7.12. The zero-order valence-electron chi connectivity index (χ0n) is 12.2. The minimum atomic E-state index is -1.03. The molecule has 0 saturated carbocycles. The largest absolute Gasteiger partial charge is 0.478 e. The van der Waals surface area contributed by atoms with E-state index < -0.39 is 11.9 Å². The molecular formula is C19H14O4. The Morgan fingerprint density at radius 2 is 1.48 bits per heavy atom. The molecule has 0 aliphatic carbocycles. The van der Waals surface area contributed by atoms with Crippen LogP contribution in [0.2, 0.25) is 0 Å². The third kappa shape index (κ3) is 3.21. The number of benzene rings is 3. The number of carbonyl (C=O) groups is 2. The van der Waals surface area contributed by atoms with Crippen LogP contribution in [0.3, 0.4) is 0 Å². The van der Waals surface area contributed by atoms with Crippen molar-refractivity contribution in [1.29, 1.82) is 0 Å². The average Bonchev–Trinajstić information content (AvgIpc) is 2.59. The minimum Gasteiger partial charge on any atom is -0.478 e. The highest BCUT2D eigenvalue weighted by molar-refractivity contribution is 5.93. The smallest absolute Gasteiger partial charge is 0.338 e. The molecule has 4 heteroatoms. The number of carbonyl (C=O) groups excluding carboxylic acids is 1. The molecule has 0 unspecified atom stereocenters. The highest BCUT2D eigenvalue weighted by Crippen LogP contribution is 2.19. The van der Waals surface area contributed by atoms with Gasteiger partial charge in [0.15, 0.2) is 0 Å². The molecule has 0 aromatic heterocycles. The predicted octanol–water partition coefficient (Wildman–Crippen LogP) is 3.90. The fraction of sp³-hybridized carbons (Fsp3) is 0.0526. The zero-order valence-corrected chi connectivity index (χ0v) is 12.2. The van der Waals surface area contributed by atoms with Crippen molar-refractivity contribution in [3.05, 3.63) is 83.4 Å². The van der Waals surface area contributed by atoms with Gasteiger partial charge in [-0.05, 0) is 40.6 Å². The van der Waals surface area contributed by atoms with Gasteiger partial charge >= 0.3 is 11.9 Å². The highest BCUT2D eigenvalue weighted by atomic mass is 16.5. The predicted molar refractivity (Wildman–Crippen MR) is 86.5 cm³/mol. The molecule has 3 aromatic rings. The highest BCUT2D eigenvalue weighted by Gasteiger charge is 2.10. The molecule has 3 aromatic carbocycles. The van der Waals surface area contributed by atoms with Crippen molar-refractivity contribution in [2.45, 2.75) is 6.61 Å². The second-order valence-electron chi connectivity index (χ2n) is 5.10. The number of esters is 1. The lowest BCUT2D eigenvalue weighted by Crippen LogP contribution is -2.06. The third-order valence-electron chi connectivity index (χ3n) is 3.61. The van der Waals surface area contributed by atoms with Gasteiger partial charge in [-0.2, -0.15) is 0 Å². The number of hydrogen-bond acceptors (Lipinski definition) is 3. The number of rotatable bonds is 4. The molecule has 0 saturated heterocycles. The van der Waals surface area contributed by atoms with Crippen LogP contribution in [0.15, 0.2) is 66.7 Å². The molecule has 0 atom stereocenters. The Morgan fingerprint density at radius 3 is 2.22 bits per heavy atom. The Kier molecular flexibility index (Phi) is 4.06. The maximum absolute atomic E-state index is 12.1. The third-order valence-corrected chi connectivity index (χ3v) is 3.61. The van der Waals surface area contributed by atoms with E-state index in [1.807, 2.05) is 42.5 Å². The van der Waals surface area contributed by atoms with E-state index in [1.165, 1.54) is 24.3 Å². The number of carboxylic acids is 1. The SMILES string of the molecule is O=C(O)c1ccc(C(=O)OCc2cccc3ccccc23)cc1. The normalized spacial score (nSPS) is 10.4. The van der Waals surface area contributed by atoms with Gasteiger partial charge in [-0.15, -0.1) is 0 Å². The van der Waals surface area contributed by atoms with Gasteiger partial charge in [-0.3, -0.25) is 0 Å². The van der Waals surface area contributed by atoms with Gasteiger partial charge in [0.25, 0.3) is 0 Å². The first-order chi connectivity index (χ1) is 11.1. The van der Waals surface area contributed by atoms with Crippen LogP contribution in [0, 0.1) is 0 Å². The van der Waals surface area contributed by atoms with E-state index >= 15 is 0 Å². The van der Waals surface area contributed by atoms with Gasteiger partial charge < -0.3 is 9.84 Å². The van der Waals surface area contributed by atoms with Gasteiger partial charge in [0, 0.05) is 0 Å². The van der Waals surface area contributed by atoms with Crippen LogP contribution in [0.5, 0.6) is 0 Å². The monoisotopic (exact) mass is 306 g/mol. The Bertz CT molecular complexity index is 861. The summed E-state index contributed by atoms with van der Waals surface area (Å²) in [6.07, 6.45) is 0. The summed E-state index contributed by atoms with van der Waals surface area (Å²) in [5.41, 5.74) is 1.39. The van der Waals surface area contributed by atoms with E-state index in [0.717, 1.165) is 16.3 Å². The molecule has 0 bridgehead atoms. The van der Waals surface area contributed by atoms with E-state index in [9.17, 15) is 9.59 Å². The summed E-state index contributed by atoms with van der Waals surface area (Å²) in [6.45, 7) is 0.168. The van der Waals surface area contributed by atoms with E-state index in [1.54, 1.807) is 0 Å². The summed E-state index contributed by atoms with van der Waals surface area (Å²) >= 11 is 0. The Morgan fingerprint density at radius 1 is 0.826 bits per heavy atom. The van der Waals surface area contributed by atoms with Crippen molar-refractivity contribution in [1.82, 2.24) is 0 Å². The lowest BCUT2D eigenvalue weighted by Gasteiger charge is -2.08. The fourth-order valence-corrected chi connectivity index (χ4v) is 2.39. The molecule has 0 fully saturated rings. The van der Waals surface area contributed by atoms with Crippen molar-refractivity contribution in [3.8, 4) is 0 Å². The Labute approximate surface area is 132 Å². The summed E-state index contributed by atoms with van der Waals surface area (Å²) in [5.74, 6) is -1.50. The van der Waals surface area contributed by atoms with Crippen LogP contribution in [0.25, 0.3) is 10.8 Å². The standard InChI is InChI=1S/C19H14O4/c20-18(21)14-8-10-15(11-9-14)19(22)23-12-16-6-3-5-13-4-1-2-7-17(13)16/h1-11H,12H2,(H,20,21). The summed E-state index contributed by atoms with van der Waals surface area (Å²) in [6, 6.07) is 19.4. The van der Waals surface area contributed by atoms with Crippen LogP contribution in [-0.4, -0.2) is 17.0 Å². The summed E-state index contributed by atoms with van der Waals surface area (Å²) in [4.78, 5) is 22.9. The molecule has 23 heavy (non-hydrogen) atoms. The maximum Gasteiger partial charge on any atom is 0.338 e. The number of ether oxygens (including phenoxy) is 1. The molecule has 0 aliphatic rings. The van der Waals surface area contributed by atoms with Gasteiger partial charge in [-0.1, -0.05) is 42.5 Å². The van der Waals surface area contributed by atoms with Crippen LogP contribution in [0.1, 0.15) is 26.3 Å². The first-order valence-corrected chi connectivity index (χ1v) is 7.12. The van der Waals surface area contributed by atoms with E-state index in [0.29, 0.717) is 5.56 Å². The van der Waals surface area contributed by atoms with Crippen LogP contribution in [0.4, 0.5) is 0 Å². The lowest BCUT2D eigenvalue weighted by molar-refractivity contribution is 0.0473. The van der Waals surface area contributed by atoms with Crippen LogP contribution < -0.4 is 0 Å². The number of carboxylic acid groups (broad SMARTS) is 1. The average molecular weight is 306 g/mol. The van der Waals surface area contributed by atoms with E-state index in [4.69, 9.17) is 9.84 Å². The number of hydrogen-bond donors (Lipinski definition) is 1. The summed E-state index contributed by atoms with van der Waals surface area (Å²) in [5, 5.41) is 11.0. The Hall–Kier alpha value is -3.14. The number of aromatic carboxylic acids is 1. The van der Waals surface area contributed by atoms with Crippen molar-refractivity contribution in [2.75, 3.05) is 0 Å². The number of fused-ring (bicyclic) bond motifs is 1.